The Morgan fingerprint density at radius 2 is 2.00 bits per heavy atom. The molecular weight excluding hydrogens is 294 g/mol. The summed E-state index contributed by atoms with van der Waals surface area (Å²) in [7, 11) is 0. The Morgan fingerprint density at radius 3 is 2.65 bits per heavy atom. The van der Waals surface area contributed by atoms with Crippen LogP contribution in [0, 0.1) is 6.92 Å². The maximum atomic E-state index is 12.1. The monoisotopic (exact) mass is 315 g/mol. The first-order valence-corrected chi connectivity index (χ1v) is 7.85. The van der Waals surface area contributed by atoms with Crippen LogP contribution in [-0.4, -0.2) is 43.9 Å². The molecule has 0 atom stereocenters. The molecule has 1 aliphatic rings. The molecule has 0 unspecified atom stereocenters. The summed E-state index contributed by atoms with van der Waals surface area (Å²) in [6.07, 6.45) is 0.637. The molecular formula is C17H21N3O3. The number of ether oxygens (including phenoxy) is 1. The number of rotatable bonds is 5. The summed E-state index contributed by atoms with van der Waals surface area (Å²) in [5.41, 5.74) is 2.64. The van der Waals surface area contributed by atoms with Crippen LogP contribution >= 0.6 is 0 Å². The Balaban J connectivity index is 1.50. The fourth-order valence-electron chi connectivity index (χ4n) is 2.58. The molecule has 1 aromatic heterocycles. The van der Waals surface area contributed by atoms with Crippen LogP contribution < -0.4 is 10.2 Å². The average molecular weight is 315 g/mol. The van der Waals surface area contributed by atoms with E-state index in [1.165, 1.54) is 0 Å². The van der Waals surface area contributed by atoms with Crippen molar-refractivity contribution in [1.29, 1.82) is 0 Å². The first-order chi connectivity index (χ1) is 11.2. The second-order valence-corrected chi connectivity index (χ2v) is 5.59. The van der Waals surface area contributed by atoms with Crippen molar-refractivity contribution in [2.45, 2.75) is 13.3 Å². The number of anilines is 1. The normalized spacial score (nSPS) is 14.7. The van der Waals surface area contributed by atoms with Crippen LogP contribution in [0.15, 0.2) is 34.9 Å². The van der Waals surface area contributed by atoms with Crippen molar-refractivity contribution in [2.24, 2.45) is 0 Å². The maximum absolute atomic E-state index is 12.1. The van der Waals surface area contributed by atoms with Crippen molar-refractivity contribution in [2.75, 3.05) is 37.7 Å². The second-order valence-electron chi connectivity index (χ2n) is 5.59. The smallest absolute Gasteiger partial charge is 0.251 e. The van der Waals surface area contributed by atoms with Crippen molar-refractivity contribution < 1.29 is 14.1 Å². The van der Waals surface area contributed by atoms with Crippen LogP contribution in [0.4, 0.5) is 5.69 Å². The fraction of sp³-hybridized carbons (Fsp3) is 0.412. The Kier molecular flexibility index (Phi) is 4.92. The van der Waals surface area contributed by atoms with Gasteiger partial charge in [-0.25, -0.2) is 0 Å². The van der Waals surface area contributed by atoms with Gasteiger partial charge >= 0.3 is 0 Å². The highest BCUT2D eigenvalue weighted by atomic mass is 16.5. The summed E-state index contributed by atoms with van der Waals surface area (Å²) in [6, 6.07) is 9.57. The van der Waals surface area contributed by atoms with Crippen molar-refractivity contribution in [3.8, 4) is 0 Å². The van der Waals surface area contributed by atoms with E-state index in [0.29, 0.717) is 18.5 Å². The lowest BCUT2D eigenvalue weighted by atomic mass is 10.1. The Morgan fingerprint density at radius 1 is 1.26 bits per heavy atom. The molecule has 0 radical (unpaired) electrons. The number of carbonyl (C=O) groups excluding carboxylic acids is 1. The predicted molar refractivity (Wildman–Crippen MR) is 86.8 cm³/mol. The molecule has 0 saturated carbocycles. The molecule has 23 heavy (non-hydrogen) atoms. The standard InChI is InChI=1S/C17H21N3O3/c1-13-12-16(23-19-13)6-7-18-17(21)14-2-4-15(5-3-14)20-8-10-22-11-9-20/h2-5,12H,6-11H2,1H3,(H,18,21). The summed E-state index contributed by atoms with van der Waals surface area (Å²) in [5, 5.41) is 6.72. The lowest BCUT2D eigenvalue weighted by Crippen LogP contribution is -2.36. The highest BCUT2D eigenvalue weighted by molar-refractivity contribution is 5.94. The van der Waals surface area contributed by atoms with E-state index in [-0.39, 0.29) is 5.91 Å². The average Bonchev–Trinajstić information content (AvgIpc) is 3.01. The van der Waals surface area contributed by atoms with Crippen LogP contribution in [0.5, 0.6) is 0 Å². The maximum Gasteiger partial charge on any atom is 0.251 e. The number of benzene rings is 1. The molecule has 122 valence electrons. The predicted octanol–water partition coefficient (Wildman–Crippen LogP) is 1.79. The lowest BCUT2D eigenvalue weighted by molar-refractivity contribution is 0.0953. The molecule has 3 rings (SSSR count). The van der Waals surface area contributed by atoms with E-state index in [0.717, 1.165) is 43.4 Å². The summed E-state index contributed by atoms with van der Waals surface area (Å²) in [4.78, 5) is 14.4. The van der Waals surface area contributed by atoms with Crippen LogP contribution in [0.3, 0.4) is 0 Å². The van der Waals surface area contributed by atoms with Gasteiger partial charge in [0.25, 0.3) is 5.91 Å². The Labute approximate surface area is 135 Å². The minimum Gasteiger partial charge on any atom is -0.378 e. The van der Waals surface area contributed by atoms with E-state index in [2.05, 4.69) is 15.4 Å². The minimum atomic E-state index is -0.0743. The highest BCUT2D eigenvalue weighted by Gasteiger charge is 2.12. The summed E-state index contributed by atoms with van der Waals surface area (Å²) in [6.45, 7) is 5.69. The number of nitrogens with zero attached hydrogens (tertiary/aromatic N) is 2. The second kappa shape index (κ2) is 7.28. The van der Waals surface area contributed by atoms with Gasteiger partial charge in [0.05, 0.1) is 18.9 Å². The first kappa shape index (κ1) is 15.6. The van der Waals surface area contributed by atoms with Crippen LogP contribution in [0.25, 0.3) is 0 Å². The highest BCUT2D eigenvalue weighted by Crippen LogP contribution is 2.16. The van der Waals surface area contributed by atoms with Gasteiger partial charge in [0.15, 0.2) is 0 Å². The van der Waals surface area contributed by atoms with E-state index in [1.807, 2.05) is 37.3 Å². The number of aromatic nitrogens is 1. The molecule has 0 spiro atoms. The summed E-state index contributed by atoms with van der Waals surface area (Å²) in [5.74, 6) is 0.709. The molecule has 1 saturated heterocycles. The summed E-state index contributed by atoms with van der Waals surface area (Å²) >= 11 is 0. The minimum absolute atomic E-state index is 0.0743. The lowest BCUT2D eigenvalue weighted by Gasteiger charge is -2.28. The molecule has 2 aromatic rings. The largest absolute Gasteiger partial charge is 0.378 e. The molecule has 2 heterocycles. The quantitative estimate of drug-likeness (QED) is 0.911. The van der Waals surface area contributed by atoms with E-state index < -0.39 is 0 Å². The molecule has 1 fully saturated rings. The molecule has 6 heteroatoms. The van der Waals surface area contributed by atoms with Gasteiger partial charge in [-0.2, -0.15) is 0 Å². The Bertz CT molecular complexity index is 645. The number of amides is 1. The first-order valence-electron chi connectivity index (χ1n) is 7.85. The summed E-state index contributed by atoms with van der Waals surface area (Å²) < 4.78 is 10.5. The zero-order chi connectivity index (χ0) is 16.1. The van der Waals surface area contributed by atoms with Crippen molar-refractivity contribution in [3.05, 3.63) is 47.3 Å². The van der Waals surface area contributed by atoms with Gasteiger partial charge < -0.3 is 19.5 Å². The third-order valence-corrected chi connectivity index (χ3v) is 3.84. The van der Waals surface area contributed by atoms with Crippen LogP contribution in [0.2, 0.25) is 0 Å². The van der Waals surface area contributed by atoms with Gasteiger partial charge in [0, 0.05) is 43.4 Å². The molecule has 1 N–H and O–H groups in total. The van der Waals surface area contributed by atoms with E-state index in [4.69, 9.17) is 9.26 Å². The zero-order valence-corrected chi connectivity index (χ0v) is 13.2. The van der Waals surface area contributed by atoms with E-state index >= 15 is 0 Å². The SMILES string of the molecule is Cc1cc(CCNC(=O)c2ccc(N3CCOCC3)cc2)on1. The zero-order valence-electron chi connectivity index (χ0n) is 13.2. The van der Waals surface area contributed by atoms with Gasteiger partial charge in [-0.3, -0.25) is 4.79 Å². The molecule has 1 aromatic carbocycles. The number of carbonyl (C=O) groups is 1. The number of nitrogens with one attached hydrogen (secondary N) is 1. The number of hydrogen-bond acceptors (Lipinski definition) is 5. The molecule has 0 bridgehead atoms. The fourth-order valence-corrected chi connectivity index (χ4v) is 2.58. The van der Waals surface area contributed by atoms with Crippen molar-refractivity contribution in [3.63, 3.8) is 0 Å². The van der Waals surface area contributed by atoms with Gasteiger partial charge in [0.2, 0.25) is 0 Å². The third kappa shape index (κ3) is 4.10. The molecule has 1 aliphatic heterocycles. The molecule has 1 amide bonds. The topological polar surface area (TPSA) is 67.6 Å². The third-order valence-electron chi connectivity index (χ3n) is 3.84. The van der Waals surface area contributed by atoms with E-state index in [9.17, 15) is 4.79 Å². The van der Waals surface area contributed by atoms with Gasteiger partial charge in [0.1, 0.15) is 5.76 Å². The van der Waals surface area contributed by atoms with Gasteiger partial charge in [-0.15, -0.1) is 0 Å². The van der Waals surface area contributed by atoms with E-state index in [1.54, 1.807) is 0 Å². The molecule has 6 nitrogen and oxygen atoms in total. The Hall–Kier alpha value is -2.34. The molecule has 0 aliphatic carbocycles. The van der Waals surface area contributed by atoms with Gasteiger partial charge in [-0.1, -0.05) is 5.16 Å². The van der Waals surface area contributed by atoms with Crippen molar-refractivity contribution >= 4 is 11.6 Å². The van der Waals surface area contributed by atoms with Crippen molar-refractivity contribution in [1.82, 2.24) is 10.5 Å². The number of hydrogen-bond donors (Lipinski definition) is 1. The van der Waals surface area contributed by atoms with Gasteiger partial charge in [-0.05, 0) is 31.2 Å². The number of aryl methyl sites for hydroxylation is 1. The van der Waals surface area contributed by atoms with Crippen LogP contribution in [-0.2, 0) is 11.2 Å². The van der Waals surface area contributed by atoms with Crippen LogP contribution in [0.1, 0.15) is 21.8 Å². The number of morpholine rings is 1.